The first-order valence-corrected chi connectivity index (χ1v) is 5.30. The molecule has 1 aromatic carbocycles. The first-order valence-electron chi connectivity index (χ1n) is 5.30. The molecule has 2 rings (SSSR count). The molecule has 0 saturated heterocycles. The molecule has 1 aromatic heterocycles. The van der Waals surface area contributed by atoms with E-state index >= 15 is 0 Å². The summed E-state index contributed by atoms with van der Waals surface area (Å²) in [4.78, 5) is 0. The summed E-state index contributed by atoms with van der Waals surface area (Å²) in [6.45, 7) is 4.68. The number of hydrogen-bond donors (Lipinski definition) is 1. The van der Waals surface area contributed by atoms with Crippen molar-refractivity contribution in [1.29, 1.82) is 0 Å². The number of fused-ring (bicyclic) bond motifs is 1. The molecule has 0 saturated carbocycles. The monoisotopic (exact) mass is 213 g/mol. The summed E-state index contributed by atoms with van der Waals surface area (Å²) in [5, 5.41) is 4.45. The summed E-state index contributed by atoms with van der Waals surface area (Å²) in [6.07, 6.45) is 7.20. The van der Waals surface area contributed by atoms with Crippen LogP contribution in [0.5, 0.6) is 0 Å². The molecule has 1 N–H and O–H groups in total. The fourth-order valence-corrected chi connectivity index (χ4v) is 1.54. The predicted octanol–water partition coefficient (Wildman–Crippen LogP) is 2.93. The molecule has 0 bridgehead atoms. The molecule has 0 amide bonds. The molecule has 2 aromatic rings. The van der Waals surface area contributed by atoms with Gasteiger partial charge in [0, 0.05) is 17.5 Å². The van der Waals surface area contributed by atoms with Crippen LogP contribution in [0.4, 0.5) is 0 Å². The first-order chi connectivity index (χ1) is 7.62. The Balaban J connectivity index is 2.20. The molecule has 0 aliphatic carbocycles. The lowest BCUT2D eigenvalue weighted by Gasteiger charge is -2.18. The van der Waals surface area contributed by atoms with Gasteiger partial charge in [-0.2, -0.15) is 0 Å². The topological polar surface area (TPSA) is 25.2 Å². The zero-order chi connectivity index (χ0) is 11.6. The Bertz CT molecular complexity index is 531. The first kappa shape index (κ1) is 10.8. The van der Waals surface area contributed by atoms with Gasteiger partial charge in [-0.25, -0.2) is 0 Å². The van der Waals surface area contributed by atoms with Crippen molar-refractivity contribution in [1.82, 2.24) is 5.32 Å². The number of furan rings is 1. The van der Waals surface area contributed by atoms with Gasteiger partial charge in [0.25, 0.3) is 0 Å². The van der Waals surface area contributed by atoms with E-state index in [1.54, 1.807) is 6.26 Å². The van der Waals surface area contributed by atoms with Crippen LogP contribution in [-0.2, 0) is 6.54 Å². The van der Waals surface area contributed by atoms with Crippen LogP contribution >= 0.6 is 0 Å². The van der Waals surface area contributed by atoms with E-state index in [1.807, 2.05) is 32.0 Å². The maximum atomic E-state index is 5.46. The highest BCUT2D eigenvalue weighted by atomic mass is 16.3. The second-order valence-electron chi connectivity index (χ2n) is 4.38. The maximum Gasteiger partial charge on any atom is 0.134 e. The Morgan fingerprint density at radius 2 is 2.12 bits per heavy atom. The largest absolute Gasteiger partial charge is 0.464 e. The van der Waals surface area contributed by atoms with Crippen molar-refractivity contribution in [2.45, 2.75) is 25.9 Å². The zero-order valence-electron chi connectivity index (χ0n) is 9.58. The summed E-state index contributed by atoms with van der Waals surface area (Å²) in [5.41, 5.74) is 1.76. The van der Waals surface area contributed by atoms with E-state index in [1.165, 1.54) is 0 Å². The SMILES string of the molecule is C#CC(C)(C)NCc1coc2ccccc12. The van der Waals surface area contributed by atoms with Gasteiger partial charge in [0.15, 0.2) is 0 Å². The van der Waals surface area contributed by atoms with Gasteiger partial charge in [-0.1, -0.05) is 24.1 Å². The number of nitrogens with one attached hydrogen (secondary N) is 1. The Morgan fingerprint density at radius 1 is 1.38 bits per heavy atom. The highest BCUT2D eigenvalue weighted by molar-refractivity contribution is 5.80. The van der Waals surface area contributed by atoms with Crippen molar-refractivity contribution in [2.24, 2.45) is 0 Å². The van der Waals surface area contributed by atoms with E-state index in [0.717, 1.165) is 16.5 Å². The fraction of sp³-hybridized carbons (Fsp3) is 0.286. The summed E-state index contributed by atoms with van der Waals surface area (Å²) in [5.74, 6) is 2.71. The summed E-state index contributed by atoms with van der Waals surface area (Å²) < 4.78 is 5.46. The van der Waals surface area contributed by atoms with E-state index < -0.39 is 0 Å². The molecular weight excluding hydrogens is 198 g/mol. The van der Waals surface area contributed by atoms with E-state index in [0.29, 0.717) is 6.54 Å². The van der Waals surface area contributed by atoms with Gasteiger partial charge in [-0.05, 0) is 19.9 Å². The van der Waals surface area contributed by atoms with Gasteiger partial charge >= 0.3 is 0 Å². The molecule has 0 aliphatic heterocycles. The van der Waals surface area contributed by atoms with E-state index in [-0.39, 0.29) is 5.54 Å². The Hall–Kier alpha value is -1.72. The van der Waals surface area contributed by atoms with Crippen molar-refractivity contribution in [3.63, 3.8) is 0 Å². The van der Waals surface area contributed by atoms with Crippen LogP contribution in [0.3, 0.4) is 0 Å². The van der Waals surface area contributed by atoms with Gasteiger partial charge in [0.2, 0.25) is 0 Å². The second kappa shape index (κ2) is 4.03. The van der Waals surface area contributed by atoms with E-state index in [2.05, 4.69) is 17.3 Å². The maximum absolute atomic E-state index is 5.46. The van der Waals surface area contributed by atoms with Gasteiger partial charge in [0.1, 0.15) is 5.58 Å². The average Bonchev–Trinajstić information content (AvgIpc) is 2.70. The summed E-state index contributed by atoms with van der Waals surface area (Å²) in [7, 11) is 0. The van der Waals surface area contributed by atoms with Crippen molar-refractivity contribution in [2.75, 3.05) is 0 Å². The summed E-state index contributed by atoms with van der Waals surface area (Å²) >= 11 is 0. The number of rotatable bonds is 3. The van der Waals surface area contributed by atoms with Crippen LogP contribution in [0, 0.1) is 12.3 Å². The van der Waals surface area contributed by atoms with Crippen LogP contribution in [0.15, 0.2) is 34.9 Å². The molecule has 0 atom stereocenters. The highest BCUT2D eigenvalue weighted by Gasteiger charge is 2.13. The molecule has 0 radical (unpaired) electrons. The van der Waals surface area contributed by atoms with Crippen LogP contribution in [0.25, 0.3) is 11.0 Å². The third kappa shape index (κ3) is 2.10. The molecular formula is C14H15NO. The van der Waals surface area contributed by atoms with Gasteiger partial charge in [-0.15, -0.1) is 6.42 Å². The Labute approximate surface area is 95.6 Å². The molecule has 0 fully saturated rings. The van der Waals surface area contributed by atoms with Crippen LogP contribution < -0.4 is 5.32 Å². The number of benzene rings is 1. The lowest BCUT2D eigenvalue weighted by atomic mass is 10.1. The molecule has 82 valence electrons. The quantitative estimate of drug-likeness (QED) is 0.793. The minimum atomic E-state index is -0.293. The average molecular weight is 213 g/mol. The zero-order valence-corrected chi connectivity index (χ0v) is 9.58. The lowest BCUT2D eigenvalue weighted by molar-refractivity contribution is 0.488. The predicted molar refractivity (Wildman–Crippen MR) is 66.0 cm³/mol. The van der Waals surface area contributed by atoms with E-state index in [4.69, 9.17) is 10.8 Å². The molecule has 2 nitrogen and oxygen atoms in total. The van der Waals surface area contributed by atoms with Crippen LogP contribution in [-0.4, -0.2) is 5.54 Å². The van der Waals surface area contributed by atoms with Crippen molar-refractivity contribution in [3.8, 4) is 12.3 Å². The Morgan fingerprint density at radius 3 is 2.88 bits per heavy atom. The number of terminal acetylenes is 1. The van der Waals surface area contributed by atoms with Crippen molar-refractivity contribution >= 4 is 11.0 Å². The molecule has 16 heavy (non-hydrogen) atoms. The minimum Gasteiger partial charge on any atom is -0.464 e. The van der Waals surface area contributed by atoms with Gasteiger partial charge in [0.05, 0.1) is 11.8 Å². The lowest BCUT2D eigenvalue weighted by Crippen LogP contribution is -2.36. The smallest absolute Gasteiger partial charge is 0.134 e. The normalized spacial score (nSPS) is 11.6. The third-order valence-electron chi connectivity index (χ3n) is 2.64. The van der Waals surface area contributed by atoms with Crippen molar-refractivity contribution < 1.29 is 4.42 Å². The minimum absolute atomic E-state index is 0.293. The molecule has 0 unspecified atom stereocenters. The number of hydrogen-bond acceptors (Lipinski definition) is 2. The second-order valence-corrected chi connectivity index (χ2v) is 4.38. The fourth-order valence-electron chi connectivity index (χ4n) is 1.54. The van der Waals surface area contributed by atoms with Gasteiger partial charge in [-0.3, -0.25) is 5.32 Å². The molecule has 2 heteroatoms. The van der Waals surface area contributed by atoms with Crippen LogP contribution in [0.1, 0.15) is 19.4 Å². The third-order valence-corrected chi connectivity index (χ3v) is 2.64. The molecule has 0 spiro atoms. The highest BCUT2D eigenvalue weighted by Crippen LogP contribution is 2.20. The summed E-state index contributed by atoms with van der Waals surface area (Å²) in [6, 6.07) is 7.99. The number of para-hydroxylation sites is 1. The standard InChI is InChI=1S/C14H15NO/c1-4-14(2,3)15-9-11-10-16-13-8-6-5-7-12(11)13/h1,5-8,10,15H,9H2,2-3H3. The van der Waals surface area contributed by atoms with E-state index in [9.17, 15) is 0 Å². The molecule has 0 aliphatic rings. The Kier molecular flexibility index (Phi) is 2.72. The van der Waals surface area contributed by atoms with Gasteiger partial charge < -0.3 is 4.42 Å². The van der Waals surface area contributed by atoms with Crippen LogP contribution in [0.2, 0.25) is 0 Å². The molecule has 1 heterocycles. The van der Waals surface area contributed by atoms with Crippen molar-refractivity contribution in [3.05, 3.63) is 36.1 Å².